The van der Waals surface area contributed by atoms with Crippen molar-refractivity contribution >= 4 is 29.9 Å². The van der Waals surface area contributed by atoms with Crippen molar-refractivity contribution in [3.63, 3.8) is 0 Å². The Kier molecular flexibility index (Phi) is 14.9. The lowest BCUT2D eigenvalue weighted by Gasteiger charge is -2.30. The predicted octanol–water partition coefficient (Wildman–Crippen LogP) is 2.47. The van der Waals surface area contributed by atoms with Gasteiger partial charge in [-0.3, -0.25) is 9.89 Å². The lowest BCUT2D eigenvalue weighted by molar-refractivity contribution is 0.0420. The van der Waals surface area contributed by atoms with Crippen molar-refractivity contribution in [3.8, 4) is 0 Å². The largest absolute Gasteiger partial charge is 0.379 e. The third kappa shape index (κ3) is 11.2. The van der Waals surface area contributed by atoms with Crippen LogP contribution in [0.1, 0.15) is 47.0 Å². The van der Waals surface area contributed by atoms with Crippen molar-refractivity contribution in [1.29, 1.82) is 0 Å². The molecule has 0 spiro atoms. The normalized spacial score (nSPS) is 18.1. The summed E-state index contributed by atoms with van der Waals surface area (Å²) in [6, 6.07) is 1.18. The van der Waals surface area contributed by atoms with Crippen LogP contribution in [0.25, 0.3) is 0 Å². The highest BCUT2D eigenvalue weighted by Gasteiger charge is 2.15. The number of guanidine groups is 1. The minimum absolute atomic E-state index is 0. The van der Waals surface area contributed by atoms with Gasteiger partial charge in [0.25, 0.3) is 0 Å². The molecule has 0 radical (unpaired) electrons. The van der Waals surface area contributed by atoms with Crippen LogP contribution in [0.5, 0.6) is 0 Å². The molecule has 1 heterocycles. The zero-order valence-corrected chi connectivity index (χ0v) is 19.0. The van der Waals surface area contributed by atoms with Crippen LogP contribution in [0.3, 0.4) is 0 Å². The maximum absolute atomic E-state index is 5.76. The molecule has 25 heavy (non-hydrogen) atoms. The molecule has 1 saturated heterocycles. The van der Waals surface area contributed by atoms with Gasteiger partial charge < -0.3 is 20.1 Å². The smallest absolute Gasteiger partial charge is 0.190 e. The third-order valence-corrected chi connectivity index (χ3v) is 4.29. The van der Waals surface area contributed by atoms with E-state index in [1.165, 1.54) is 0 Å². The Morgan fingerprint density at radius 1 is 1.16 bits per heavy atom. The molecular formula is C18H39IN4O2. The molecule has 2 N–H and O–H groups in total. The second-order valence-corrected chi connectivity index (χ2v) is 6.91. The predicted molar refractivity (Wildman–Crippen MR) is 116 cm³/mol. The van der Waals surface area contributed by atoms with E-state index in [2.05, 4.69) is 48.2 Å². The lowest BCUT2D eigenvalue weighted by Crippen LogP contribution is -2.41. The van der Waals surface area contributed by atoms with E-state index in [9.17, 15) is 0 Å². The highest BCUT2D eigenvalue weighted by atomic mass is 127. The van der Waals surface area contributed by atoms with Crippen LogP contribution < -0.4 is 10.6 Å². The topological polar surface area (TPSA) is 58.1 Å². The Morgan fingerprint density at radius 2 is 1.80 bits per heavy atom. The summed E-state index contributed by atoms with van der Waals surface area (Å²) >= 11 is 0. The summed E-state index contributed by atoms with van der Waals surface area (Å²) in [5.41, 5.74) is 0. The van der Waals surface area contributed by atoms with Gasteiger partial charge >= 0.3 is 0 Å². The average Bonchev–Trinajstić information content (AvgIpc) is 3.04. The molecule has 150 valence electrons. The third-order valence-electron chi connectivity index (χ3n) is 4.29. The van der Waals surface area contributed by atoms with Gasteiger partial charge in [0.2, 0.25) is 0 Å². The Balaban J connectivity index is 0.00000576. The molecule has 0 aromatic carbocycles. The molecular weight excluding hydrogens is 431 g/mol. The Bertz CT molecular complexity index is 340. The average molecular weight is 470 g/mol. The van der Waals surface area contributed by atoms with Gasteiger partial charge in [0.15, 0.2) is 5.96 Å². The number of rotatable bonds is 11. The minimum Gasteiger partial charge on any atom is -0.379 e. The summed E-state index contributed by atoms with van der Waals surface area (Å²) < 4.78 is 11.1. The number of hydrogen-bond acceptors (Lipinski definition) is 4. The van der Waals surface area contributed by atoms with E-state index in [0.29, 0.717) is 18.2 Å². The van der Waals surface area contributed by atoms with E-state index in [1.54, 1.807) is 0 Å². The standard InChI is InChI=1S/C18H38N4O2.HI/c1-15(2)22(16(3)4)11-6-9-20-18(19-5)21-10-7-12-24-17-8-13-23-14-17;/h15-17H,6-14H2,1-5H3,(H2,19,20,21);1H. The van der Waals surface area contributed by atoms with E-state index in [0.717, 1.165) is 64.7 Å². The molecule has 1 atom stereocenters. The van der Waals surface area contributed by atoms with Gasteiger partial charge in [0, 0.05) is 52.0 Å². The van der Waals surface area contributed by atoms with Crippen molar-refractivity contribution in [1.82, 2.24) is 15.5 Å². The van der Waals surface area contributed by atoms with E-state index in [1.807, 2.05) is 7.05 Å². The molecule has 0 amide bonds. The van der Waals surface area contributed by atoms with Crippen LogP contribution >= 0.6 is 24.0 Å². The van der Waals surface area contributed by atoms with Crippen LogP contribution in [0, 0.1) is 0 Å². The highest BCUT2D eigenvalue weighted by Crippen LogP contribution is 2.08. The zero-order chi connectivity index (χ0) is 17.8. The van der Waals surface area contributed by atoms with Crippen molar-refractivity contribution < 1.29 is 9.47 Å². The van der Waals surface area contributed by atoms with Gasteiger partial charge in [-0.25, -0.2) is 0 Å². The summed E-state index contributed by atoms with van der Waals surface area (Å²) in [6.07, 6.45) is 3.42. The summed E-state index contributed by atoms with van der Waals surface area (Å²) in [5, 5.41) is 6.73. The first kappa shape index (κ1) is 24.9. The molecule has 1 rings (SSSR count). The van der Waals surface area contributed by atoms with Crippen LogP contribution in [0.2, 0.25) is 0 Å². The monoisotopic (exact) mass is 470 g/mol. The van der Waals surface area contributed by atoms with Crippen LogP contribution in [-0.4, -0.2) is 75.5 Å². The zero-order valence-electron chi connectivity index (χ0n) is 16.7. The molecule has 6 nitrogen and oxygen atoms in total. The summed E-state index contributed by atoms with van der Waals surface area (Å²) in [7, 11) is 1.82. The molecule has 0 bridgehead atoms. The number of nitrogens with zero attached hydrogens (tertiary/aromatic N) is 2. The van der Waals surface area contributed by atoms with Crippen molar-refractivity contribution in [2.45, 2.75) is 65.1 Å². The second-order valence-electron chi connectivity index (χ2n) is 6.91. The molecule has 0 aliphatic carbocycles. The van der Waals surface area contributed by atoms with Gasteiger partial charge in [-0.05, 0) is 47.0 Å². The van der Waals surface area contributed by atoms with E-state index < -0.39 is 0 Å². The first-order valence-corrected chi connectivity index (χ1v) is 9.44. The minimum atomic E-state index is 0. The first-order valence-electron chi connectivity index (χ1n) is 9.44. The quantitative estimate of drug-likeness (QED) is 0.210. The fourth-order valence-electron chi connectivity index (χ4n) is 2.98. The maximum atomic E-state index is 5.76. The number of hydrogen-bond donors (Lipinski definition) is 2. The van der Waals surface area contributed by atoms with Crippen LogP contribution in [0.4, 0.5) is 0 Å². The molecule has 1 unspecified atom stereocenters. The molecule has 0 aromatic rings. The summed E-state index contributed by atoms with van der Waals surface area (Å²) in [6.45, 7) is 14.3. The number of aliphatic imine (C=N–C) groups is 1. The van der Waals surface area contributed by atoms with Gasteiger partial charge in [-0.15, -0.1) is 24.0 Å². The Hall–Kier alpha value is -0.120. The van der Waals surface area contributed by atoms with Crippen LogP contribution in [0.15, 0.2) is 4.99 Å². The second kappa shape index (κ2) is 15.0. The molecule has 0 saturated carbocycles. The summed E-state index contributed by atoms with van der Waals surface area (Å²) in [4.78, 5) is 6.79. The van der Waals surface area contributed by atoms with E-state index in [4.69, 9.17) is 9.47 Å². The lowest BCUT2D eigenvalue weighted by atomic mass is 10.2. The van der Waals surface area contributed by atoms with Crippen LogP contribution in [-0.2, 0) is 9.47 Å². The van der Waals surface area contributed by atoms with Crippen molar-refractivity contribution in [2.24, 2.45) is 4.99 Å². The first-order chi connectivity index (χ1) is 11.5. The van der Waals surface area contributed by atoms with Gasteiger partial charge in [-0.1, -0.05) is 0 Å². The number of halogens is 1. The maximum Gasteiger partial charge on any atom is 0.190 e. The highest BCUT2D eigenvalue weighted by molar-refractivity contribution is 14.0. The molecule has 1 fully saturated rings. The van der Waals surface area contributed by atoms with Gasteiger partial charge in [0.1, 0.15) is 0 Å². The molecule has 7 heteroatoms. The molecule has 1 aliphatic rings. The Labute approximate surface area is 171 Å². The molecule has 0 aromatic heterocycles. The summed E-state index contributed by atoms with van der Waals surface area (Å²) in [5.74, 6) is 0.875. The SMILES string of the molecule is CN=C(NCCCOC1CCOC1)NCCCN(C(C)C)C(C)C.I. The number of ether oxygens (including phenoxy) is 2. The van der Waals surface area contributed by atoms with Crippen molar-refractivity contribution in [2.75, 3.05) is 46.5 Å². The van der Waals surface area contributed by atoms with E-state index >= 15 is 0 Å². The molecule has 1 aliphatic heterocycles. The van der Waals surface area contributed by atoms with Gasteiger partial charge in [0.05, 0.1) is 12.7 Å². The van der Waals surface area contributed by atoms with Crippen molar-refractivity contribution in [3.05, 3.63) is 0 Å². The fraction of sp³-hybridized carbons (Fsp3) is 0.944. The Morgan fingerprint density at radius 3 is 2.32 bits per heavy atom. The number of nitrogens with one attached hydrogen (secondary N) is 2. The van der Waals surface area contributed by atoms with E-state index in [-0.39, 0.29) is 24.0 Å². The van der Waals surface area contributed by atoms with Gasteiger partial charge in [-0.2, -0.15) is 0 Å². The fourth-order valence-corrected chi connectivity index (χ4v) is 2.98.